The molecule has 3 amide bonds. The quantitative estimate of drug-likeness (QED) is 0.798. The number of hydrogen-bond acceptors (Lipinski definition) is 3. The third-order valence-corrected chi connectivity index (χ3v) is 3.11. The molecule has 3 N–H and O–H groups in total. The van der Waals surface area contributed by atoms with Crippen molar-refractivity contribution in [3.63, 3.8) is 0 Å². The van der Waals surface area contributed by atoms with E-state index in [2.05, 4.69) is 21.0 Å². The van der Waals surface area contributed by atoms with Crippen LogP contribution in [-0.2, 0) is 13.6 Å². The molecule has 0 fully saturated rings. The maximum Gasteiger partial charge on any atom is 0.320 e. The fourth-order valence-electron chi connectivity index (χ4n) is 2.04. The summed E-state index contributed by atoms with van der Waals surface area (Å²) >= 11 is 0. The molecule has 0 bridgehead atoms. The van der Waals surface area contributed by atoms with E-state index in [9.17, 15) is 9.59 Å². The van der Waals surface area contributed by atoms with Crippen LogP contribution in [0.15, 0.2) is 30.3 Å². The van der Waals surface area contributed by atoms with Crippen LogP contribution in [0.2, 0.25) is 0 Å². The molecule has 1 aromatic heterocycles. The number of urea groups is 1. The minimum Gasteiger partial charge on any atom is -0.355 e. The minimum absolute atomic E-state index is 0.156. The number of carbonyl (C=O) groups is 2. The Labute approximate surface area is 128 Å². The van der Waals surface area contributed by atoms with Gasteiger partial charge in [0.1, 0.15) is 5.82 Å². The first kappa shape index (κ1) is 15.6. The molecule has 2 rings (SSSR count). The van der Waals surface area contributed by atoms with Crippen LogP contribution in [-0.4, -0.2) is 28.8 Å². The molecule has 0 spiro atoms. The lowest BCUT2D eigenvalue weighted by molar-refractivity contribution is 0.0963. The number of anilines is 1. The van der Waals surface area contributed by atoms with Gasteiger partial charge in [-0.15, -0.1) is 0 Å². The van der Waals surface area contributed by atoms with Crippen LogP contribution in [0.5, 0.6) is 0 Å². The van der Waals surface area contributed by atoms with E-state index in [1.807, 2.05) is 13.0 Å². The average molecular weight is 301 g/mol. The first-order chi connectivity index (χ1) is 10.5. The van der Waals surface area contributed by atoms with Crippen LogP contribution in [0.4, 0.5) is 10.6 Å². The molecule has 0 unspecified atom stereocenters. The van der Waals surface area contributed by atoms with Gasteiger partial charge in [-0.3, -0.25) is 14.8 Å². The van der Waals surface area contributed by atoms with Crippen molar-refractivity contribution in [3.8, 4) is 0 Å². The number of amides is 3. The van der Waals surface area contributed by atoms with E-state index >= 15 is 0 Å². The van der Waals surface area contributed by atoms with Gasteiger partial charge >= 0.3 is 6.03 Å². The van der Waals surface area contributed by atoms with E-state index in [1.165, 1.54) is 0 Å². The number of carbonyl (C=O) groups excluding carboxylic acids is 2. The summed E-state index contributed by atoms with van der Waals surface area (Å²) < 4.78 is 1.60. The molecule has 1 heterocycles. The Hall–Kier alpha value is -2.83. The van der Waals surface area contributed by atoms with Gasteiger partial charge in [0.25, 0.3) is 5.91 Å². The normalized spacial score (nSPS) is 10.1. The SMILES string of the molecule is CNC(=O)c1cccc(CNC(=O)Nc2cc(C)nn2C)c1. The van der Waals surface area contributed by atoms with Crippen LogP contribution in [0.3, 0.4) is 0 Å². The Morgan fingerprint density at radius 3 is 2.68 bits per heavy atom. The van der Waals surface area contributed by atoms with Crippen molar-refractivity contribution in [2.75, 3.05) is 12.4 Å². The Morgan fingerprint density at radius 2 is 2.05 bits per heavy atom. The topological polar surface area (TPSA) is 88.1 Å². The second-order valence-electron chi connectivity index (χ2n) is 4.88. The van der Waals surface area contributed by atoms with Gasteiger partial charge < -0.3 is 10.6 Å². The molecule has 0 aliphatic carbocycles. The summed E-state index contributed by atoms with van der Waals surface area (Å²) in [5.41, 5.74) is 2.23. The van der Waals surface area contributed by atoms with Gasteiger partial charge in [-0.25, -0.2) is 4.79 Å². The molecule has 116 valence electrons. The van der Waals surface area contributed by atoms with Crippen molar-refractivity contribution < 1.29 is 9.59 Å². The molecule has 22 heavy (non-hydrogen) atoms. The summed E-state index contributed by atoms with van der Waals surface area (Å²) in [4.78, 5) is 23.4. The van der Waals surface area contributed by atoms with Gasteiger partial charge in [-0.2, -0.15) is 5.10 Å². The lowest BCUT2D eigenvalue weighted by atomic mass is 10.1. The predicted molar refractivity (Wildman–Crippen MR) is 83.6 cm³/mol. The number of hydrogen-bond donors (Lipinski definition) is 3. The molecule has 7 nitrogen and oxygen atoms in total. The van der Waals surface area contributed by atoms with Crippen LogP contribution >= 0.6 is 0 Å². The summed E-state index contributed by atoms with van der Waals surface area (Å²) in [6, 6.07) is 8.55. The number of nitrogens with one attached hydrogen (secondary N) is 3. The molecule has 0 radical (unpaired) electrons. The van der Waals surface area contributed by atoms with Gasteiger partial charge in [0.15, 0.2) is 0 Å². The summed E-state index contributed by atoms with van der Waals surface area (Å²) in [6.07, 6.45) is 0. The third kappa shape index (κ3) is 3.85. The van der Waals surface area contributed by atoms with Crippen LogP contribution < -0.4 is 16.0 Å². The highest BCUT2D eigenvalue weighted by atomic mass is 16.2. The molecule has 0 aliphatic heterocycles. The summed E-state index contributed by atoms with van der Waals surface area (Å²) in [7, 11) is 3.34. The van der Waals surface area contributed by atoms with Gasteiger partial charge in [0.2, 0.25) is 0 Å². The van der Waals surface area contributed by atoms with E-state index in [4.69, 9.17) is 0 Å². The number of aromatic nitrogens is 2. The lowest BCUT2D eigenvalue weighted by Gasteiger charge is -2.08. The maximum absolute atomic E-state index is 11.9. The zero-order valence-electron chi connectivity index (χ0n) is 12.8. The Kier molecular flexibility index (Phi) is 4.77. The van der Waals surface area contributed by atoms with Crippen LogP contribution in [0.25, 0.3) is 0 Å². The number of aryl methyl sites for hydroxylation is 2. The van der Waals surface area contributed by atoms with Crippen molar-refractivity contribution in [2.45, 2.75) is 13.5 Å². The zero-order chi connectivity index (χ0) is 16.1. The zero-order valence-corrected chi connectivity index (χ0v) is 12.8. The second-order valence-corrected chi connectivity index (χ2v) is 4.88. The van der Waals surface area contributed by atoms with E-state index in [-0.39, 0.29) is 11.9 Å². The Bertz CT molecular complexity index is 693. The first-order valence-corrected chi connectivity index (χ1v) is 6.86. The van der Waals surface area contributed by atoms with Gasteiger partial charge in [-0.05, 0) is 24.6 Å². The first-order valence-electron chi connectivity index (χ1n) is 6.86. The molecular weight excluding hydrogens is 282 g/mol. The average Bonchev–Trinajstić information content (AvgIpc) is 2.82. The highest BCUT2D eigenvalue weighted by Crippen LogP contribution is 2.08. The minimum atomic E-state index is -0.326. The van der Waals surface area contributed by atoms with E-state index in [1.54, 1.807) is 43.0 Å². The van der Waals surface area contributed by atoms with Crippen molar-refractivity contribution in [2.24, 2.45) is 7.05 Å². The van der Waals surface area contributed by atoms with E-state index in [0.29, 0.717) is 17.9 Å². The fourth-order valence-corrected chi connectivity index (χ4v) is 2.04. The monoisotopic (exact) mass is 301 g/mol. The smallest absolute Gasteiger partial charge is 0.320 e. The van der Waals surface area contributed by atoms with Crippen molar-refractivity contribution in [1.29, 1.82) is 0 Å². The number of benzene rings is 1. The molecule has 1 aromatic carbocycles. The summed E-state index contributed by atoms with van der Waals surface area (Å²) in [5, 5.41) is 12.2. The largest absolute Gasteiger partial charge is 0.355 e. The molecule has 0 atom stereocenters. The molecule has 0 saturated carbocycles. The van der Waals surface area contributed by atoms with Crippen LogP contribution in [0.1, 0.15) is 21.6 Å². The lowest BCUT2D eigenvalue weighted by Crippen LogP contribution is -2.29. The third-order valence-electron chi connectivity index (χ3n) is 3.11. The number of nitrogens with zero attached hydrogens (tertiary/aromatic N) is 2. The summed E-state index contributed by atoms with van der Waals surface area (Å²) in [5.74, 6) is 0.464. The van der Waals surface area contributed by atoms with Crippen molar-refractivity contribution >= 4 is 17.8 Å². The molecular formula is C15H19N5O2. The standard InChI is InChI=1S/C15H19N5O2/c1-10-7-13(20(3)19-10)18-15(22)17-9-11-5-4-6-12(8-11)14(21)16-2/h4-8H,9H2,1-3H3,(H,16,21)(H2,17,18,22). The molecule has 0 aliphatic rings. The summed E-state index contributed by atoms with van der Waals surface area (Å²) in [6.45, 7) is 2.18. The maximum atomic E-state index is 11.9. The molecule has 2 aromatic rings. The molecule has 0 saturated heterocycles. The Balaban J connectivity index is 1.94. The van der Waals surface area contributed by atoms with E-state index < -0.39 is 0 Å². The predicted octanol–water partition coefficient (Wildman–Crippen LogP) is 1.41. The Morgan fingerprint density at radius 1 is 1.27 bits per heavy atom. The van der Waals surface area contributed by atoms with Gasteiger partial charge in [0, 0.05) is 32.3 Å². The molecule has 7 heteroatoms. The number of rotatable bonds is 4. The van der Waals surface area contributed by atoms with Gasteiger partial charge in [-0.1, -0.05) is 12.1 Å². The van der Waals surface area contributed by atoms with Crippen LogP contribution in [0, 0.1) is 6.92 Å². The highest BCUT2D eigenvalue weighted by Gasteiger charge is 2.07. The second kappa shape index (κ2) is 6.75. The van der Waals surface area contributed by atoms with E-state index in [0.717, 1.165) is 11.3 Å². The van der Waals surface area contributed by atoms with Crippen molar-refractivity contribution in [3.05, 3.63) is 47.2 Å². The fraction of sp³-hybridized carbons (Fsp3) is 0.267. The highest BCUT2D eigenvalue weighted by molar-refractivity contribution is 5.94. The van der Waals surface area contributed by atoms with Crippen molar-refractivity contribution in [1.82, 2.24) is 20.4 Å². The van der Waals surface area contributed by atoms with Gasteiger partial charge in [0.05, 0.1) is 5.69 Å².